The molecule has 1 heterocycles. The fourth-order valence-electron chi connectivity index (χ4n) is 4.37. The topological polar surface area (TPSA) is 30.9 Å². The number of rotatable bonds is 7. The molecule has 4 nitrogen and oxygen atoms in total. The molecule has 6 heteroatoms. The van der Waals surface area contributed by atoms with Crippen molar-refractivity contribution in [2.24, 2.45) is 4.99 Å². The molecule has 1 fully saturated rings. The zero-order chi connectivity index (χ0) is 23.3. The van der Waals surface area contributed by atoms with E-state index in [9.17, 15) is 4.39 Å². The summed E-state index contributed by atoms with van der Waals surface area (Å²) in [6.07, 6.45) is 3.74. The van der Waals surface area contributed by atoms with E-state index in [1.165, 1.54) is 0 Å². The third-order valence-corrected chi connectivity index (χ3v) is 6.29. The number of unbranched alkanes of at least 4 members (excludes halogenated alkanes) is 1. The summed E-state index contributed by atoms with van der Waals surface area (Å²) >= 11 is 6.85. The smallest absolute Gasteiger partial charge is 0.138 e. The van der Waals surface area contributed by atoms with Crippen LogP contribution in [0.25, 0.3) is 11.1 Å². The van der Waals surface area contributed by atoms with E-state index in [1.54, 1.807) is 12.3 Å². The molecule has 0 saturated carbocycles. The summed E-state index contributed by atoms with van der Waals surface area (Å²) in [6.45, 7) is 14.4. The highest BCUT2D eigenvalue weighted by atomic mass is 35.5. The van der Waals surface area contributed by atoms with Crippen LogP contribution in [0.5, 0.6) is 0 Å². The average Bonchev–Trinajstić information content (AvgIpc) is 2.77. The van der Waals surface area contributed by atoms with Crippen molar-refractivity contribution >= 4 is 23.1 Å². The van der Waals surface area contributed by atoms with Gasteiger partial charge >= 0.3 is 0 Å². The minimum Gasteiger partial charge on any atom is -0.374 e. The van der Waals surface area contributed by atoms with Crippen LogP contribution in [0.1, 0.15) is 36.5 Å². The van der Waals surface area contributed by atoms with E-state index in [2.05, 4.69) is 40.7 Å². The molecule has 2 aromatic carbocycles. The third kappa shape index (κ3) is 5.16. The van der Waals surface area contributed by atoms with Gasteiger partial charge in [-0.3, -0.25) is 0 Å². The first kappa shape index (κ1) is 24.3. The highest BCUT2D eigenvalue weighted by molar-refractivity contribution is 6.34. The minimum absolute atomic E-state index is 0.257. The summed E-state index contributed by atoms with van der Waals surface area (Å²) in [5.74, 6) is 0.604. The number of hydrogen-bond acceptors (Lipinski definition) is 3. The largest absolute Gasteiger partial charge is 0.374 e. The maximum absolute atomic E-state index is 15.0. The number of nitrogens with one attached hydrogen (secondary N) is 1. The highest BCUT2D eigenvalue weighted by Crippen LogP contribution is 2.41. The highest BCUT2D eigenvalue weighted by Gasteiger charge is 2.26. The lowest BCUT2D eigenvalue weighted by molar-refractivity contribution is 0.358. The van der Waals surface area contributed by atoms with Gasteiger partial charge < -0.3 is 15.1 Å². The molecule has 1 saturated heterocycles. The molecule has 0 atom stereocenters. The van der Waals surface area contributed by atoms with Crippen LogP contribution >= 0.6 is 11.6 Å². The monoisotopic (exact) mass is 456 g/mol. The number of benzene rings is 2. The van der Waals surface area contributed by atoms with Crippen molar-refractivity contribution in [3.05, 3.63) is 64.6 Å². The van der Waals surface area contributed by atoms with Gasteiger partial charge in [0.1, 0.15) is 11.7 Å². The van der Waals surface area contributed by atoms with Gasteiger partial charge in [-0.2, -0.15) is 0 Å². The molecule has 0 aromatic heterocycles. The Hall–Kier alpha value is -2.37. The molecule has 172 valence electrons. The number of amidine groups is 1. The molecule has 3 rings (SSSR count). The van der Waals surface area contributed by atoms with E-state index in [4.69, 9.17) is 11.6 Å². The van der Waals surface area contributed by atoms with Gasteiger partial charge in [-0.15, -0.1) is 0 Å². The second kappa shape index (κ2) is 11.0. The second-order valence-corrected chi connectivity index (χ2v) is 8.79. The Balaban J connectivity index is 2.24. The summed E-state index contributed by atoms with van der Waals surface area (Å²) in [5, 5.41) is 3.92. The van der Waals surface area contributed by atoms with Crippen LogP contribution in [-0.2, 0) is 0 Å². The molecule has 0 amide bonds. The molecule has 1 aliphatic rings. The number of aliphatic imine (C=N–C) groups is 1. The molecular weight excluding hydrogens is 423 g/mol. The fourth-order valence-corrected chi connectivity index (χ4v) is 4.73. The van der Waals surface area contributed by atoms with E-state index < -0.39 is 0 Å². The molecule has 0 bridgehead atoms. The maximum atomic E-state index is 15.0. The van der Waals surface area contributed by atoms with Crippen LogP contribution in [-0.4, -0.2) is 50.5 Å². The molecule has 0 radical (unpaired) electrons. The fraction of sp³-hybridized carbons (Fsp3) is 0.423. The molecule has 0 aliphatic carbocycles. The Kier molecular flexibility index (Phi) is 8.32. The first-order valence-corrected chi connectivity index (χ1v) is 11.7. The zero-order valence-corrected chi connectivity index (χ0v) is 20.4. The first-order valence-electron chi connectivity index (χ1n) is 11.3. The molecule has 32 heavy (non-hydrogen) atoms. The van der Waals surface area contributed by atoms with Gasteiger partial charge in [0.15, 0.2) is 0 Å². The van der Waals surface area contributed by atoms with Crippen molar-refractivity contribution < 1.29 is 4.39 Å². The normalized spacial score (nSPS) is 14.6. The summed E-state index contributed by atoms with van der Waals surface area (Å²) < 4.78 is 15.0. The van der Waals surface area contributed by atoms with Gasteiger partial charge in [-0.25, -0.2) is 9.38 Å². The predicted octanol–water partition coefficient (Wildman–Crippen LogP) is 5.79. The quantitative estimate of drug-likeness (QED) is 0.422. The standard InChI is InChI=1S/C26H34ClFN4/c1-6-8-13-31(5)25-19(4)24(20-10-9-18(3)16-23(20)28)22(27)17-21(25)26(30-7-2)32-14-11-29-12-15-32/h7,9-10,16-17,29H,2,6,8,11-15H2,1,3-5H3. The van der Waals surface area contributed by atoms with Crippen LogP contribution < -0.4 is 10.2 Å². The van der Waals surface area contributed by atoms with Gasteiger partial charge in [-0.1, -0.05) is 43.7 Å². The lowest BCUT2D eigenvalue weighted by Gasteiger charge is -2.34. The second-order valence-electron chi connectivity index (χ2n) is 8.39. The molecule has 0 spiro atoms. The molecule has 1 aliphatic heterocycles. The predicted molar refractivity (Wildman–Crippen MR) is 136 cm³/mol. The Labute approximate surface area is 196 Å². The number of piperazine rings is 1. The number of hydrogen-bond donors (Lipinski definition) is 1. The van der Waals surface area contributed by atoms with Gasteiger partial charge in [0.05, 0.1) is 5.69 Å². The van der Waals surface area contributed by atoms with E-state index in [0.29, 0.717) is 10.6 Å². The minimum atomic E-state index is -0.257. The Bertz CT molecular complexity index is 996. The summed E-state index contributed by atoms with van der Waals surface area (Å²) in [7, 11) is 2.09. The van der Waals surface area contributed by atoms with E-state index >= 15 is 0 Å². The van der Waals surface area contributed by atoms with Crippen LogP contribution in [0.3, 0.4) is 0 Å². The molecule has 0 unspecified atom stereocenters. The Morgan fingerprint density at radius 2 is 2.00 bits per heavy atom. The number of halogens is 2. The first-order chi connectivity index (χ1) is 15.4. The summed E-state index contributed by atoms with van der Waals surface area (Å²) in [5.41, 5.74) is 5.11. The van der Waals surface area contributed by atoms with Crippen LogP contribution in [0.4, 0.5) is 10.1 Å². The average molecular weight is 457 g/mol. The van der Waals surface area contributed by atoms with Gasteiger partial charge in [0.2, 0.25) is 0 Å². The van der Waals surface area contributed by atoms with Gasteiger partial charge in [0, 0.05) is 67.7 Å². The van der Waals surface area contributed by atoms with Crippen LogP contribution in [0, 0.1) is 19.7 Å². The lowest BCUT2D eigenvalue weighted by Crippen LogP contribution is -2.47. The van der Waals surface area contributed by atoms with Crippen LogP contribution in [0.15, 0.2) is 42.0 Å². The lowest BCUT2D eigenvalue weighted by atomic mass is 9.93. The van der Waals surface area contributed by atoms with Crippen molar-refractivity contribution in [2.45, 2.75) is 33.6 Å². The molecule has 2 aromatic rings. The SMILES string of the molecule is C=CN=C(c1cc(Cl)c(-c2ccc(C)cc2F)c(C)c1N(C)CCCC)N1CCNCC1. The van der Waals surface area contributed by atoms with Crippen molar-refractivity contribution in [2.75, 3.05) is 44.7 Å². The Morgan fingerprint density at radius 1 is 1.28 bits per heavy atom. The van der Waals surface area contributed by atoms with E-state index in [1.807, 2.05) is 32.0 Å². The molecular formula is C26H34ClFN4. The summed E-state index contributed by atoms with van der Waals surface area (Å²) in [4.78, 5) is 9.20. The Morgan fingerprint density at radius 3 is 2.62 bits per heavy atom. The van der Waals surface area contributed by atoms with Gasteiger partial charge in [-0.05, 0) is 43.5 Å². The number of anilines is 1. The number of aryl methyl sites for hydroxylation is 1. The summed E-state index contributed by atoms with van der Waals surface area (Å²) in [6, 6.07) is 7.26. The molecule has 1 N–H and O–H groups in total. The van der Waals surface area contributed by atoms with Crippen molar-refractivity contribution in [1.29, 1.82) is 0 Å². The number of nitrogens with zero attached hydrogens (tertiary/aromatic N) is 3. The van der Waals surface area contributed by atoms with Crippen molar-refractivity contribution in [1.82, 2.24) is 10.2 Å². The van der Waals surface area contributed by atoms with Crippen molar-refractivity contribution in [3.63, 3.8) is 0 Å². The van der Waals surface area contributed by atoms with Gasteiger partial charge in [0.25, 0.3) is 0 Å². The maximum Gasteiger partial charge on any atom is 0.138 e. The zero-order valence-electron chi connectivity index (χ0n) is 19.6. The third-order valence-electron chi connectivity index (χ3n) is 5.99. The van der Waals surface area contributed by atoms with Crippen molar-refractivity contribution in [3.8, 4) is 11.1 Å². The van der Waals surface area contributed by atoms with E-state index in [-0.39, 0.29) is 5.82 Å². The van der Waals surface area contributed by atoms with Crippen LogP contribution in [0.2, 0.25) is 5.02 Å². The van der Waals surface area contributed by atoms with E-state index in [0.717, 1.165) is 79.3 Å².